The van der Waals surface area contributed by atoms with Gasteiger partial charge in [0, 0.05) is 38.3 Å². The van der Waals surface area contributed by atoms with Crippen LogP contribution in [0.2, 0.25) is 0 Å². The van der Waals surface area contributed by atoms with E-state index in [0.29, 0.717) is 53.2 Å². The molecule has 2 heterocycles. The predicted molar refractivity (Wildman–Crippen MR) is 134 cm³/mol. The molecule has 8 nitrogen and oxygen atoms in total. The molecule has 2 amide bonds. The van der Waals surface area contributed by atoms with Gasteiger partial charge in [-0.15, -0.1) is 0 Å². The van der Waals surface area contributed by atoms with Gasteiger partial charge in [-0.3, -0.25) is 14.7 Å². The Kier molecular flexibility index (Phi) is 6.68. The lowest BCUT2D eigenvalue weighted by Crippen LogP contribution is -2.29. The van der Waals surface area contributed by atoms with Gasteiger partial charge < -0.3 is 14.8 Å². The maximum absolute atomic E-state index is 14.6. The van der Waals surface area contributed by atoms with Gasteiger partial charge in [0.15, 0.2) is 0 Å². The smallest absolute Gasteiger partial charge is 0.253 e. The van der Waals surface area contributed by atoms with Crippen LogP contribution in [0.15, 0.2) is 36.4 Å². The van der Waals surface area contributed by atoms with Crippen LogP contribution in [0.1, 0.15) is 41.2 Å². The summed E-state index contributed by atoms with van der Waals surface area (Å²) >= 11 is 0. The molecule has 0 aliphatic carbocycles. The van der Waals surface area contributed by atoms with Gasteiger partial charge in [0.2, 0.25) is 5.91 Å². The van der Waals surface area contributed by atoms with Crippen LogP contribution in [0.5, 0.6) is 0 Å². The molecule has 0 unspecified atom stereocenters. The van der Waals surface area contributed by atoms with Gasteiger partial charge in [0.25, 0.3) is 5.91 Å². The number of hydrogen-bond acceptors (Lipinski definition) is 4. The average Bonchev–Trinajstić information content (AvgIpc) is 3.35. The van der Waals surface area contributed by atoms with Gasteiger partial charge in [-0.2, -0.15) is 5.10 Å². The molecule has 0 saturated heterocycles. The number of aryl methyl sites for hydroxylation is 3. The Hall–Kier alpha value is -4.01. The molecule has 2 aromatic carbocycles. The second kappa shape index (κ2) is 9.69. The highest BCUT2D eigenvalue weighted by Gasteiger charge is 2.22. The predicted octanol–water partition coefficient (Wildman–Crippen LogP) is 4.48. The minimum Gasteiger partial charge on any atom is -0.341 e. The first-order chi connectivity index (χ1) is 16.7. The van der Waals surface area contributed by atoms with Crippen molar-refractivity contribution in [3.05, 3.63) is 64.7 Å². The third-order valence-electron chi connectivity index (χ3n) is 6.16. The number of carbonyl (C=O) groups excluding carboxylic acids is 2. The first-order valence-corrected chi connectivity index (χ1v) is 11.5. The average molecular weight is 477 g/mol. The summed E-state index contributed by atoms with van der Waals surface area (Å²) in [7, 11) is 1.74. The fourth-order valence-electron chi connectivity index (χ4n) is 4.38. The number of aromatic nitrogens is 4. The summed E-state index contributed by atoms with van der Waals surface area (Å²) in [5, 5.41) is 10.0. The number of imidazole rings is 1. The Balaban J connectivity index is 1.75. The molecule has 4 rings (SSSR count). The molecule has 0 spiro atoms. The van der Waals surface area contributed by atoms with Crippen molar-refractivity contribution in [2.75, 3.05) is 18.9 Å². The van der Waals surface area contributed by atoms with Crippen molar-refractivity contribution in [2.24, 2.45) is 0 Å². The van der Waals surface area contributed by atoms with Crippen molar-refractivity contribution in [2.45, 2.75) is 40.7 Å². The number of aromatic amines is 1. The van der Waals surface area contributed by atoms with E-state index in [1.54, 1.807) is 42.3 Å². The Morgan fingerprint density at radius 2 is 1.94 bits per heavy atom. The topological polar surface area (TPSA) is 95.9 Å². The van der Waals surface area contributed by atoms with Crippen LogP contribution in [0.4, 0.5) is 10.1 Å². The van der Waals surface area contributed by atoms with Gasteiger partial charge >= 0.3 is 0 Å². The number of anilines is 1. The van der Waals surface area contributed by atoms with E-state index in [4.69, 9.17) is 0 Å². The zero-order chi connectivity index (χ0) is 25.3. The monoisotopic (exact) mass is 476 g/mol. The number of fused-ring (bicyclic) bond motifs is 1. The number of carbonyl (C=O) groups is 2. The number of benzene rings is 2. The summed E-state index contributed by atoms with van der Waals surface area (Å²) in [5.74, 6) is -0.419. The number of H-pyrrole nitrogens is 1. The molecule has 0 aliphatic heterocycles. The van der Waals surface area contributed by atoms with E-state index in [-0.39, 0.29) is 17.6 Å². The van der Waals surface area contributed by atoms with E-state index in [9.17, 15) is 14.0 Å². The molecule has 4 aromatic rings. The van der Waals surface area contributed by atoms with Crippen LogP contribution in [0, 0.1) is 19.7 Å². The first kappa shape index (κ1) is 24.1. The zero-order valence-electron chi connectivity index (χ0n) is 20.6. The third-order valence-corrected chi connectivity index (χ3v) is 6.16. The normalized spacial score (nSPS) is 11.1. The summed E-state index contributed by atoms with van der Waals surface area (Å²) in [6.45, 7) is 8.23. The minimum absolute atomic E-state index is 0.198. The maximum atomic E-state index is 14.6. The number of likely N-dealkylation sites (N-methyl/N-ethyl adjacent to an activating group) is 1. The molecule has 0 fully saturated rings. The highest BCUT2D eigenvalue weighted by atomic mass is 19.1. The Bertz CT molecular complexity index is 1400. The summed E-state index contributed by atoms with van der Waals surface area (Å²) in [6.07, 6.45) is 0.666. The fourth-order valence-corrected chi connectivity index (χ4v) is 4.38. The van der Waals surface area contributed by atoms with Crippen molar-refractivity contribution in [3.8, 4) is 11.4 Å². The summed E-state index contributed by atoms with van der Waals surface area (Å²) in [5.41, 5.74) is 5.37. The number of halogens is 1. The molecular weight excluding hydrogens is 447 g/mol. The number of rotatable bonds is 7. The van der Waals surface area contributed by atoms with E-state index in [1.807, 2.05) is 25.3 Å². The number of nitrogens with one attached hydrogen (secondary N) is 2. The molecule has 0 aliphatic rings. The van der Waals surface area contributed by atoms with Gasteiger partial charge in [0.05, 0.1) is 28.0 Å². The number of hydrogen-bond donors (Lipinski definition) is 2. The van der Waals surface area contributed by atoms with Gasteiger partial charge in [0.1, 0.15) is 11.6 Å². The molecule has 2 N–H and O–H groups in total. The molecule has 9 heteroatoms. The SMILES string of the molecule is CCn1c(-c2ccccc2F)nc2cc(C(=O)N(C)CCc3c(C)n[nH]c3C)cc(NC(C)=O)c21. The molecule has 0 bridgehead atoms. The van der Waals surface area contributed by atoms with Crippen LogP contribution < -0.4 is 5.32 Å². The van der Waals surface area contributed by atoms with Gasteiger partial charge in [-0.25, -0.2) is 9.37 Å². The van der Waals surface area contributed by atoms with Crippen LogP contribution in [-0.4, -0.2) is 50.1 Å². The molecular formula is C26H29FN6O2. The van der Waals surface area contributed by atoms with Crippen LogP contribution in [-0.2, 0) is 17.8 Å². The maximum Gasteiger partial charge on any atom is 0.253 e. The van der Waals surface area contributed by atoms with Crippen LogP contribution in [0.3, 0.4) is 0 Å². The highest BCUT2D eigenvalue weighted by molar-refractivity contribution is 6.05. The van der Waals surface area contributed by atoms with Crippen LogP contribution in [0.25, 0.3) is 22.4 Å². The van der Waals surface area contributed by atoms with E-state index >= 15 is 0 Å². The fraction of sp³-hybridized carbons (Fsp3) is 0.308. The summed E-state index contributed by atoms with van der Waals surface area (Å²) in [4.78, 5) is 31.7. The molecule has 0 saturated carbocycles. The van der Waals surface area contributed by atoms with Crippen molar-refractivity contribution in [3.63, 3.8) is 0 Å². The second-order valence-electron chi connectivity index (χ2n) is 8.62. The Labute approximate surface area is 203 Å². The van der Waals surface area contributed by atoms with E-state index in [1.165, 1.54) is 13.0 Å². The highest BCUT2D eigenvalue weighted by Crippen LogP contribution is 2.32. The van der Waals surface area contributed by atoms with Crippen molar-refractivity contribution < 1.29 is 14.0 Å². The largest absolute Gasteiger partial charge is 0.341 e. The molecule has 182 valence electrons. The summed E-state index contributed by atoms with van der Waals surface area (Å²) < 4.78 is 16.5. The van der Waals surface area contributed by atoms with E-state index < -0.39 is 0 Å². The van der Waals surface area contributed by atoms with Crippen LogP contribution >= 0.6 is 0 Å². The number of amides is 2. The van der Waals surface area contributed by atoms with Crippen molar-refractivity contribution in [1.29, 1.82) is 0 Å². The Morgan fingerprint density at radius 3 is 2.57 bits per heavy atom. The van der Waals surface area contributed by atoms with Gasteiger partial charge in [-0.05, 0) is 57.0 Å². The molecule has 2 aromatic heterocycles. The molecule has 35 heavy (non-hydrogen) atoms. The molecule has 0 atom stereocenters. The van der Waals surface area contributed by atoms with E-state index in [0.717, 1.165) is 17.0 Å². The van der Waals surface area contributed by atoms with Crippen molar-refractivity contribution >= 4 is 28.5 Å². The lowest BCUT2D eigenvalue weighted by Gasteiger charge is -2.18. The standard InChI is InChI=1S/C26H29FN6O2/c1-6-33-24-22(28-17(4)34)13-18(14-23(24)29-25(33)20-9-7-8-10-21(20)27)26(35)32(5)12-11-19-15(2)30-31-16(19)3/h7-10,13-14H,6,11-12H2,1-5H3,(H,28,34)(H,30,31). The first-order valence-electron chi connectivity index (χ1n) is 11.5. The Morgan fingerprint density at radius 1 is 1.20 bits per heavy atom. The van der Waals surface area contributed by atoms with Crippen molar-refractivity contribution in [1.82, 2.24) is 24.6 Å². The third kappa shape index (κ3) is 4.66. The lowest BCUT2D eigenvalue weighted by molar-refractivity contribution is -0.114. The van der Waals surface area contributed by atoms with E-state index in [2.05, 4.69) is 20.5 Å². The second-order valence-corrected chi connectivity index (χ2v) is 8.62. The minimum atomic E-state index is -0.389. The zero-order valence-corrected chi connectivity index (χ0v) is 20.6. The van der Waals surface area contributed by atoms with Gasteiger partial charge in [-0.1, -0.05) is 12.1 Å². The summed E-state index contributed by atoms with van der Waals surface area (Å²) in [6, 6.07) is 9.79. The molecule has 0 radical (unpaired) electrons. The quantitative estimate of drug-likeness (QED) is 0.411. The lowest BCUT2D eigenvalue weighted by atomic mass is 10.1. The number of nitrogens with zero attached hydrogens (tertiary/aromatic N) is 4.